The summed E-state index contributed by atoms with van der Waals surface area (Å²) in [5, 5.41) is 19.3. The number of rotatable bonds is 3. The van der Waals surface area contributed by atoms with Crippen molar-refractivity contribution >= 4 is 17.3 Å². The van der Waals surface area contributed by atoms with Gasteiger partial charge in [0.2, 0.25) is 0 Å². The Balaban J connectivity index is 2.02. The highest BCUT2D eigenvalue weighted by Gasteiger charge is 2.29. The van der Waals surface area contributed by atoms with Gasteiger partial charge in [-0.15, -0.1) is 0 Å². The van der Waals surface area contributed by atoms with E-state index in [2.05, 4.69) is 15.5 Å². The summed E-state index contributed by atoms with van der Waals surface area (Å²) in [6.45, 7) is 0.401. The average molecular weight is 258 g/mol. The Hall–Kier alpha value is -1.07. The standard InChI is InChI=1S/C11H16ClN3O2/c12-9-8(6-14-15-10(9)16)13-7-11(17)4-2-1-3-5-11/h6,17H,1-5,7H2,(H2,13,15,16). The fourth-order valence-electron chi connectivity index (χ4n) is 2.15. The molecule has 1 aliphatic rings. The molecule has 0 spiro atoms. The molecule has 0 saturated heterocycles. The number of H-pyrrole nitrogens is 1. The number of aromatic nitrogens is 2. The van der Waals surface area contributed by atoms with Crippen LogP contribution < -0.4 is 10.9 Å². The van der Waals surface area contributed by atoms with E-state index < -0.39 is 11.2 Å². The molecule has 94 valence electrons. The van der Waals surface area contributed by atoms with Gasteiger partial charge in [-0.25, -0.2) is 5.10 Å². The van der Waals surface area contributed by atoms with Crippen molar-refractivity contribution in [3.63, 3.8) is 0 Å². The summed E-state index contributed by atoms with van der Waals surface area (Å²) in [5.74, 6) is 0. The van der Waals surface area contributed by atoms with Gasteiger partial charge in [0.25, 0.3) is 5.56 Å². The number of aliphatic hydroxyl groups is 1. The molecule has 1 aliphatic carbocycles. The Morgan fingerprint density at radius 3 is 2.88 bits per heavy atom. The van der Waals surface area contributed by atoms with Crippen molar-refractivity contribution in [2.45, 2.75) is 37.7 Å². The van der Waals surface area contributed by atoms with Crippen molar-refractivity contribution in [3.05, 3.63) is 21.6 Å². The first-order valence-corrected chi connectivity index (χ1v) is 6.18. The van der Waals surface area contributed by atoms with Crippen LogP contribution in [0.3, 0.4) is 0 Å². The van der Waals surface area contributed by atoms with Crippen LogP contribution in [0.5, 0.6) is 0 Å². The molecule has 3 N–H and O–H groups in total. The summed E-state index contributed by atoms with van der Waals surface area (Å²) >= 11 is 5.83. The van der Waals surface area contributed by atoms with Crippen LogP contribution in [0.25, 0.3) is 0 Å². The van der Waals surface area contributed by atoms with Crippen LogP contribution in [-0.4, -0.2) is 27.4 Å². The lowest BCUT2D eigenvalue weighted by Gasteiger charge is -2.32. The van der Waals surface area contributed by atoms with Gasteiger partial charge in [-0.3, -0.25) is 4.79 Å². The monoisotopic (exact) mass is 257 g/mol. The van der Waals surface area contributed by atoms with E-state index in [1.54, 1.807) is 0 Å². The normalized spacial score (nSPS) is 18.9. The fourth-order valence-corrected chi connectivity index (χ4v) is 2.31. The first-order valence-electron chi connectivity index (χ1n) is 5.80. The van der Waals surface area contributed by atoms with Crippen LogP contribution in [0.15, 0.2) is 11.0 Å². The molecule has 1 fully saturated rings. The maximum atomic E-state index is 11.2. The Labute approximate surface area is 104 Å². The predicted octanol–water partition coefficient (Wildman–Crippen LogP) is 1.53. The number of hydrogen-bond donors (Lipinski definition) is 3. The van der Waals surface area contributed by atoms with E-state index >= 15 is 0 Å². The second-order valence-electron chi connectivity index (χ2n) is 4.57. The van der Waals surface area contributed by atoms with E-state index in [-0.39, 0.29) is 5.02 Å². The highest BCUT2D eigenvalue weighted by Crippen LogP contribution is 2.28. The van der Waals surface area contributed by atoms with Crippen molar-refractivity contribution < 1.29 is 5.11 Å². The molecule has 1 aromatic heterocycles. The van der Waals surface area contributed by atoms with E-state index in [0.717, 1.165) is 25.7 Å². The first-order chi connectivity index (χ1) is 8.11. The van der Waals surface area contributed by atoms with Crippen LogP contribution in [0, 0.1) is 0 Å². The lowest BCUT2D eigenvalue weighted by molar-refractivity contribution is 0.0167. The van der Waals surface area contributed by atoms with Crippen LogP contribution >= 0.6 is 11.6 Å². The first kappa shape index (κ1) is 12.4. The van der Waals surface area contributed by atoms with Gasteiger partial charge in [0.15, 0.2) is 0 Å². The summed E-state index contributed by atoms with van der Waals surface area (Å²) in [7, 11) is 0. The van der Waals surface area contributed by atoms with Crippen LogP contribution in [0.2, 0.25) is 5.02 Å². The van der Waals surface area contributed by atoms with Gasteiger partial charge in [-0.05, 0) is 12.8 Å². The van der Waals surface area contributed by atoms with Crippen molar-refractivity contribution in [1.29, 1.82) is 0 Å². The third kappa shape index (κ3) is 2.98. The second kappa shape index (κ2) is 5.06. The molecule has 6 heteroatoms. The van der Waals surface area contributed by atoms with Gasteiger partial charge in [0.1, 0.15) is 5.02 Å². The third-order valence-corrected chi connectivity index (χ3v) is 3.56. The minimum Gasteiger partial charge on any atom is -0.388 e. The zero-order valence-corrected chi connectivity index (χ0v) is 10.3. The molecular formula is C11H16ClN3O2. The highest BCUT2D eigenvalue weighted by molar-refractivity contribution is 6.32. The van der Waals surface area contributed by atoms with E-state index in [0.29, 0.717) is 12.2 Å². The molecule has 0 amide bonds. The summed E-state index contributed by atoms with van der Waals surface area (Å²) in [4.78, 5) is 11.2. The quantitative estimate of drug-likeness (QED) is 0.767. The van der Waals surface area contributed by atoms with E-state index in [1.165, 1.54) is 12.6 Å². The second-order valence-corrected chi connectivity index (χ2v) is 4.94. The minimum absolute atomic E-state index is 0.0828. The Kier molecular flexibility index (Phi) is 3.69. The molecule has 0 unspecified atom stereocenters. The van der Waals surface area contributed by atoms with E-state index in [4.69, 9.17) is 11.6 Å². The predicted molar refractivity (Wildman–Crippen MR) is 66.4 cm³/mol. The number of aromatic amines is 1. The van der Waals surface area contributed by atoms with Gasteiger partial charge < -0.3 is 10.4 Å². The molecule has 2 rings (SSSR count). The van der Waals surface area contributed by atoms with Crippen molar-refractivity contribution in [1.82, 2.24) is 10.2 Å². The van der Waals surface area contributed by atoms with Gasteiger partial charge >= 0.3 is 0 Å². The number of anilines is 1. The molecule has 17 heavy (non-hydrogen) atoms. The number of hydrogen-bond acceptors (Lipinski definition) is 4. The Morgan fingerprint density at radius 2 is 2.18 bits per heavy atom. The van der Waals surface area contributed by atoms with Gasteiger partial charge in [0.05, 0.1) is 17.5 Å². The topological polar surface area (TPSA) is 78.0 Å². The summed E-state index contributed by atoms with van der Waals surface area (Å²) < 4.78 is 0. The smallest absolute Gasteiger partial charge is 0.285 e. The highest BCUT2D eigenvalue weighted by atomic mass is 35.5. The zero-order chi connectivity index (χ0) is 12.3. The Morgan fingerprint density at radius 1 is 1.47 bits per heavy atom. The summed E-state index contributed by atoms with van der Waals surface area (Å²) in [6.07, 6.45) is 6.28. The average Bonchev–Trinajstić information content (AvgIpc) is 2.32. The molecule has 1 saturated carbocycles. The number of nitrogens with one attached hydrogen (secondary N) is 2. The minimum atomic E-state index is -0.690. The number of halogens is 1. The fraction of sp³-hybridized carbons (Fsp3) is 0.636. The summed E-state index contributed by atoms with van der Waals surface area (Å²) in [5.41, 5.74) is -0.647. The Bertz CT molecular complexity index is 441. The molecular weight excluding hydrogens is 242 g/mol. The van der Waals surface area contributed by atoms with Gasteiger partial charge in [-0.1, -0.05) is 30.9 Å². The van der Waals surface area contributed by atoms with Gasteiger partial charge in [0, 0.05) is 6.54 Å². The largest absolute Gasteiger partial charge is 0.388 e. The lowest BCUT2D eigenvalue weighted by Crippen LogP contribution is -2.39. The van der Waals surface area contributed by atoms with Crippen LogP contribution in [0.4, 0.5) is 5.69 Å². The molecule has 5 nitrogen and oxygen atoms in total. The molecule has 0 radical (unpaired) electrons. The van der Waals surface area contributed by atoms with Crippen molar-refractivity contribution in [3.8, 4) is 0 Å². The van der Waals surface area contributed by atoms with E-state index in [9.17, 15) is 9.90 Å². The van der Waals surface area contributed by atoms with Crippen LogP contribution in [-0.2, 0) is 0 Å². The zero-order valence-electron chi connectivity index (χ0n) is 9.50. The maximum Gasteiger partial charge on any atom is 0.285 e. The molecule has 0 bridgehead atoms. The lowest BCUT2D eigenvalue weighted by atomic mass is 9.85. The number of nitrogens with zero attached hydrogens (tertiary/aromatic N) is 1. The molecule has 0 atom stereocenters. The van der Waals surface area contributed by atoms with Gasteiger partial charge in [-0.2, -0.15) is 5.10 Å². The van der Waals surface area contributed by atoms with E-state index in [1.807, 2.05) is 0 Å². The van der Waals surface area contributed by atoms with Crippen molar-refractivity contribution in [2.24, 2.45) is 0 Å². The van der Waals surface area contributed by atoms with Crippen LogP contribution in [0.1, 0.15) is 32.1 Å². The third-order valence-electron chi connectivity index (χ3n) is 3.19. The molecule has 0 aromatic carbocycles. The molecule has 1 aromatic rings. The molecule has 1 heterocycles. The summed E-state index contributed by atoms with van der Waals surface area (Å²) in [6, 6.07) is 0. The van der Waals surface area contributed by atoms with Crippen molar-refractivity contribution in [2.75, 3.05) is 11.9 Å². The molecule has 0 aliphatic heterocycles. The maximum absolute atomic E-state index is 11.2. The SMILES string of the molecule is O=c1[nH]ncc(NCC2(O)CCCCC2)c1Cl.